The third-order valence-electron chi connectivity index (χ3n) is 5.93. The second-order valence-electron chi connectivity index (χ2n) is 9.17. The standard InChI is InChI=1S/C26H39N3O4S2/c1-4-27-26(33)24(31)21(15-14-19-10-6-5-7-11-19)28-25(32)23(18(2)3)29-22(30)13-9-8-12-20-16-17-34-35-20/h5-7,10-11,18,20-21,23H,4,8-9,12-17H2,1-3H3,(H,27,33)(H,28,32)(H,29,30)/t20?,21-,23-/m0/s1. The van der Waals surface area contributed by atoms with Gasteiger partial charge in [0.15, 0.2) is 0 Å². The van der Waals surface area contributed by atoms with E-state index in [-0.39, 0.29) is 11.8 Å². The number of benzene rings is 1. The minimum Gasteiger partial charge on any atom is -0.350 e. The number of nitrogens with one attached hydrogen (secondary N) is 3. The number of aryl methyl sites for hydroxylation is 1. The van der Waals surface area contributed by atoms with Crippen LogP contribution in [0, 0.1) is 5.92 Å². The normalized spacial score (nSPS) is 17.0. The van der Waals surface area contributed by atoms with Crippen LogP contribution in [-0.2, 0) is 25.6 Å². The molecule has 0 bridgehead atoms. The molecule has 1 unspecified atom stereocenters. The number of likely N-dealkylation sites (N-methyl/N-ethyl adjacent to an activating group) is 1. The van der Waals surface area contributed by atoms with Crippen LogP contribution in [0.2, 0.25) is 0 Å². The number of hydrogen-bond donors (Lipinski definition) is 3. The molecule has 1 saturated heterocycles. The number of rotatable bonds is 15. The maximum Gasteiger partial charge on any atom is 0.289 e. The zero-order valence-corrected chi connectivity index (χ0v) is 22.6. The Hall–Kier alpha value is -2.00. The molecule has 1 aliphatic heterocycles. The van der Waals surface area contributed by atoms with Crippen LogP contribution >= 0.6 is 21.6 Å². The largest absolute Gasteiger partial charge is 0.350 e. The van der Waals surface area contributed by atoms with Crippen molar-refractivity contribution in [3.8, 4) is 0 Å². The van der Waals surface area contributed by atoms with E-state index in [0.717, 1.165) is 24.8 Å². The lowest BCUT2D eigenvalue weighted by molar-refractivity contribution is -0.140. The number of ketones is 1. The third-order valence-corrected chi connectivity index (χ3v) is 8.94. The molecule has 1 aromatic carbocycles. The van der Waals surface area contributed by atoms with Gasteiger partial charge in [-0.25, -0.2) is 0 Å². The molecule has 0 aliphatic carbocycles. The van der Waals surface area contributed by atoms with Crippen LogP contribution in [0.5, 0.6) is 0 Å². The van der Waals surface area contributed by atoms with Crippen LogP contribution < -0.4 is 16.0 Å². The van der Waals surface area contributed by atoms with Crippen molar-refractivity contribution in [3.05, 3.63) is 35.9 Å². The van der Waals surface area contributed by atoms with E-state index >= 15 is 0 Å². The first kappa shape index (κ1) is 29.2. The molecular weight excluding hydrogens is 482 g/mol. The van der Waals surface area contributed by atoms with Crippen molar-refractivity contribution in [1.29, 1.82) is 0 Å². The summed E-state index contributed by atoms with van der Waals surface area (Å²) >= 11 is 0. The van der Waals surface area contributed by atoms with Crippen molar-refractivity contribution in [2.24, 2.45) is 5.92 Å². The molecule has 3 atom stereocenters. The van der Waals surface area contributed by atoms with Gasteiger partial charge < -0.3 is 16.0 Å². The van der Waals surface area contributed by atoms with Gasteiger partial charge in [-0.1, -0.05) is 72.2 Å². The van der Waals surface area contributed by atoms with E-state index in [9.17, 15) is 19.2 Å². The molecule has 9 heteroatoms. The summed E-state index contributed by atoms with van der Waals surface area (Å²) in [6, 6.07) is 7.87. The van der Waals surface area contributed by atoms with Gasteiger partial charge in [0, 0.05) is 24.0 Å². The fourth-order valence-corrected chi connectivity index (χ4v) is 6.92. The molecule has 7 nitrogen and oxygen atoms in total. The smallest absolute Gasteiger partial charge is 0.289 e. The Morgan fingerprint density at radius 2 is 1.80 bits per heavy atom. The predicted molar refractivity (Wildman–Crippen MR) is 144 cm³/mol. The highest BCUT2D eigenvalue weighted by molar-refractivity contribution is 8.77. The molecule has 0 spiro atoms. The lowest BCUT2D eigenvalue weighted by atomic mass is 9.99. The fourth-order valence-electron chi connectivity index (χ4n) is 3.89. The van der Waals surface area contributed by atoms with Gasteiger partial charge in [0.05, 0.1) is 6.04 Å². The highest BCUT2D eigenvalue weighted by Crippen LogP contribution is 2.39. The summed E-state index contributed by atoms with van der Waals surface area (Å²) in [7, 11) is 3.86. The molecule has 3 N–H and O–H groups in total. The zero-order chi connectivity index (χ0) is 25.6. The summed E-state index contributed by atoms with van der Waals surface area (Å²) in [6.45, 7) is 5.76. The van der Waals surface area contributed by atoms with Crippen molar-refractivity contribution in [2.45, 2.75) is 83.1 Å². The summed E-state index contributed by atoms with van der Waals surface area (Å²) in [5.41, 5.74) is 1.01. The van der Waals surface area contributed by atoms with Crippen molar-refractivity contribution < 1.29 is 19.2 Å². The molecule has 2 rings (SSSR count). The van der Waals surface area contributed by atoms with Crippen molar-refractivity contribution in [2.75, 3.05) is 12.3 Å². The molecule has 0 saturated carbocycles. The van der Waals surface area contributed by atoms with E-state index in [1.807, 2.05) is 65.8 Å². The second-order valence-corrected chi connectivity index (χ2v) is 12.0. The maximum absolute atomic E-state index is 13.1. The van der Waals surface area contributed by atoms with Crippen molar-refractivity contribution >= 4 is 45.1 Å². The second kappa shape index (κ2) is 15.9. The quantitative estimate of drug-likeness (QED) is 0.185. The summed E-state index contributed by atoms with van der Waals surface area (Å²) in [6.07, 6.45) is 5.33. The summed E-state index contributed by atoms with van der Waals surface area (Å²) in [4.78, 5) is 50.7. The maximum atomic E-state index is 13.1. The van der Waals surface area contributed by atoms with Gasteiger partial charge in [-0.15, -0.1) is 0 Å². The van der Waals surface area contributed by atoms with Gasteiger partial charge >= 0.3 is 0 Å². The van der Waals surface area contributed by atoms with Crippen LogP contribution in [0.1, 0.15) is 64.9 Å². The van der Waals surface area contributed by atoms with Crippen LogP contribution in [0.15, 0.2) is 30.3 Å². The van der Waals surface area contributed by atoms with Crippen molar-refractivity contribution in [3.63, 3.8) is 0 Å². The molecule has 1 aliphatic rings. The monoisotopic (exact) mass is 521 g/mol. The molecule has 35 heavy (non-hydrogen) atoms. The minimum absolute atomic E-state index is 0.164. The third kappa shape index (κ3) is 10.7. The molecule has 1 aromatic rings. The predicted octanol–water partition coefficient (Wildman–Crippen LogP) is 3.66. The molecular formula is C26H39N3O4S2. The number of amides is 3. The highest BCUT2D eigenvalue weighted by atomic mass is 33.1. The first-order chi connectivity index (χ1) is 16.8. The van der Waals surface area contributed by atoms with E-state index in [4.69, 9.17) is 0 Å². The van der Waals surface area contributed by atoms with E-state index in [1.165, 1.54) is 12.2 Å². The first-order valence-electron chi connectivity index (χ1n) is 12.6. The first-order valence-corrected chi connectivity index (χ1v) is 14.9. The van der Waals surface area contributed by atoms with E-state index < -0.39 is 29.7 Å². The molecule has 0 radical (unpaired) electrons. The number of hydrogen-bond acceptors (Lipinski definition) is 6. The van der Waals surface area contributed by atoms with Gasteiger partial charge in [-0.05, 0) is 50.5 Å². The van der Waals surface area contributed by atoms with Crippen LogP contribution in [0.25, 0.3) is 0 Å². The SMILES string of the molecule is CCNC(=O)C(=O)[C@H](CCc1ccccc1)NC(=O)[C@@H](NC(=O)CCCCC1CCSS1)C(C)C. The number of carbonyl (C=O) groups excluding carboxylic acids is 4. The number of unbranched alkanes of at least 4 members (excludes halogenated alkanes) is 1. The van der Waals surface area contributed by atoms with Gasteiger partial charge in [-0.2, -0.15) is 0 Å². The topological polar surface area (TPSA) is 104 Å². The van der Waals surface area contributed by atoms with Crippen LogP contribution in [0.3, 0.4) is 0 Å². The Morgan fingerprint density at radius 1 is 1.06 bits per heavy atom. The minimum atomic E-state index is -0.964. The summed E-state index contributed by atoms with van der Waals surface area (Å²) in [5.74, 6) is -0.953. The summed E-state index contributed by atoms with van der Waals surface area (Å²) < 4.78 is 0. The Labute approximate surface area is 217 Å². The van der Waals surface area contributed by atoms with Crippen LogP contribution in [-0.4, -0.2) is 53.1 Å². The lowest BCUT2D eigenvalue weighted by Crippen LogP contribution is -2.55. The van der Waals surface area contributed by atoms with Gasteiger partial charge in [0.2, 0.25) is 17.6 Å². The lowest BCUT2D eigenvalue weighted by Gasteiger charge is -2.25. The zero-order valence-electron chi connectivity index (χ0n) is 21.0. The van der Waals surface area contributed by atoms with Crippen molar-refractivity contribution in [1.82, 2.24) is 16.0 Å². The van der Waals surface area contributed by atoms with Crippen LogP contribution in [0.4, 0.5) is 0 Å². The van der Waals surface area contributed by atoms with Gasteiger partial charge in [-0.3, -0.25) is 19.2 Å². The Morgan fingerprint density at radius 3 is 2.43 bits per heavy atom. The fraction of sp³-hybridized carbons (Fsp3) is 0.615. The molecule has 1 heterocycles. The van der Waals surface area contributed by atoms with Gasteiger partial charge in [0.1, 0.15) is 6.04 Å². The Balaban J connectivity index is 1.93. The van der Waals surface area contributed by atoms with Gasteiger partial charge in [0.25, 0.3) is 5.91 Å². The molecule has 3 amide bonds. The average molecular weight is 522 g/mol. The molecule has 194 valence electrons. The van der Waals surface area contributed by atoms with E-state index in [1.54, 1.807) is 6.92 Å². The number of Topliss-reactive ketones (excluding diaryl/α,β-unsaturated/α-hetero) is 1. The summed E-state index contributed by atoms with van der Waals surface area (Å²) in [5, 5.41) is 8.80. The molecule has 0 aromatic heterocycles. The molecule has 1 fully saturated rings. The Kier molecular flexibility index (Phi) is 13.3. The number of carbonyl (C=O) groups is 4. The van der Waals surface area contributed by atoms with E-state index in [0.29, 0.717) is 31.1 Å². The highest BCUT2D eigenvalue weighted by Gasteiger charge is 2.31. The van der Waals surface area contributed by atoms with E-state index in [2.05, 4.69) is 16.0 Å². The Bertz CT molecular complexity index is 829. The average Bonchev–Trinajstić information content (AvgIpc) is 3.36.